The minimum atomic E-state index is -1.14. The molecule has 3 rings (SSSR count). The van der Waals surface area contributed by atoms with Gasteiger partial charge in [0.05, 0.1) is 0 Å². The number of hydrogen-bond acceptors (Lipinski definition) is 1. The first-order valence-corrected chi connectivity index (χ1v) is 11.5. The summed E-state index contributed by atoms with van der Waals surface area (Å²) in [6.45, 7) is 3.44. The third-order valence-corrected chi connectivity index (χ3v) is 6.29. The second-order valence-electron chi connectivity index (χ2n) is 4.82. The van der Waals surface area contributed by atoms with Gasteiger partial charge < -0.3 is 7.43 Å². The van der Waals surface area contributed by atoms with E-state index >= 15 is 0 Å². The van der Waals surface area contributed by atoms with Crippen molar-refractivity contribution in [3.05, 3.63) is 73.4 Å². The van der Waals surface area contributed by atoms with E-state index in [4.69, 9.17) is 0 Å². The average molecular weight is 470 g/mol. The molecule has 0 saturated heterocycles. The van der Waals surface area contributed by atoms with Crippen LogP contribution in [-0.4, -0.2) is 11.7 Å². The Kier molecular flexibility index (Phi) is 16.0. The molecule has 23 heavy (non-hydrogen) atoms. The van der Waals surface area contributed by atoms with Crippen LogP contribution in [0, 0.1) is 19.6 Å². The van der Waals surface area contributed by atoms with Crippen LogP contribution in [0.3, 0.4) is 0 Å². The van der Waals surface area contributed by atoms with Gasteiger partial charge in [-0.3, -0.25) is 11.1 Å². The number of rotatable bonds is 1. The Morgan fingerprint density at radius 1 is 1.17 bits per heavy atom. The molecule has 0 saturated carbocycles. The van der Waals surface area contributed by atoms with Crippen molar-refractivity contribution in [2.45, 2.75) is 19.5 Å². The molecule has 2 aromatic rings. The third kappa shape index (κ3) is 9.10. The fourth-order valence-corrected chi connectivity index (χ4v) is 3.57. The predicted molar refractivity (Wildman–Crippen MR) is 108 cm³/mol. The zero-order valence-corrected chi connectivity index (χ0v) is 18.9. The van der Waals surface area contributed by atoms with E-state index in [2.05, 4.69) is 51.6 Å². The maximum atomic E-state index is 4.13. The molecule has 1 aliphatic rings. The van der Waals surface area contributed by atoms with E-state index in [1.807, 2.05) is 36.4 Å². The summed E-state index contributed by atoms with van der Waals surface area (Å²) in [7, 11) is 0. The number of para-hydroxylation sites is 1. The Morgan fingerprint density at radius 3 is 2.30 bits per heavy atom. The smallest absolute Gasteiger partial charge is 0.358 e. The second-order valence-corrected chi connectivity index (χ2v) is 14.4. The van der Waals surface area contributed by atoms with Crippen molar-refractivity contribution in [2.24, 2.45) is 0 Å². The van der Waals surface area contributed by atoms with Crippen LogP contribution in [0.15, 0.2) is 53.9 Å². The number of halogens is 3. The van der Waals surface area contributed by atoms with Crippen LogP contribution in [0.2, 0.25) is 13.1 Å². The first kappa shape index (κ1) is 27.8. The van der Waals surface area contributed by atoms with Crippen LogP contribution >= 0.6 is 40.1 Å². The molecule has 0 spiro atoms. The fraction of sp³-hybridized carbons (Fsp3) is 0.176. The molecule has 1 aromatic carbocycles. The van der Waals surface area contributed by atoms with Crippen molar-refractivity contribution in [2.75, 3.05) is 0 Å². The molecule has 6 heteroatoms. The maximum absolute atomic E-state index is 4.13. The normalized spacial score (nSPS) is 11.5. The number of nitrogens with zero attached hydrogens (tertiary/aromatic N) is 1. The van der Waals surface area contributed by atoms with Gasteiger partial charge in [-0.2, -0.15) is 29.5 Å². The van der Waals surface area contributed by atoms with Crippen LogP contribution in [0.4, 0.5) is 0 Å². The molecule has 0 N–H and O–H groups in total. The summed E-state index contributed by atoms with van der Waals surface area (Å²) in [5.41, 5.74) is 0.935. The average Bonchev–Trinajstić information content (AvgIpc) is 2.93. The van der Waals surface area contributed by atoms with Crippen molar-refractivity contribution < 1.29 is 17.4 Å². The van der Waals surface area contributed by atoms with Gasteiger partial charge in [-0.25, -0.2) is 12.2 Å². The van der Waals surface area contributed by atoms with Crippen molar-refractivity contribution in [1.29, 1.82) is 0 Å². The van der Waals surface area contributed by atoms with E-state index < -0.39 is 6.69 Å². The Morgan fingerprint density at radius 2 is 1.83 bits per heavy atom. The summed E-state index contributed by atoms with van der Waals surface area (Å²) in [6.07, 6.45) is 10.2. The third-order valence-electron chi connectivity index (χ3n) is 2.89. The molecule has 0 bridgehead atoms. The van der Waals surface area contributed by atoms with E-state index in [-0.39, 0.29) is 49.6 Å². The molecule has 0 unspecified atom stereocenters. The zero-order chi connectivity index (χ0) is 13.7. The summed E-state index contributed by atoms with van der Waals surface area (Å²) in [6, 6.07) is 12.9. The van der Waals surface area contributed by atoms with Gasteiger partial charge in [-0.15, -0.1) is 58.0 Å². The van der Waals surface area contributed by atoms with E-state index in [0.29, 0.717) is 0 Å². The molecule has 0 aliphatic heterocycles. The summed E-state index contributed by atoms with van der Waals surface area (Å²) in [5.74, 6) is 0. The minimum Gasteiger partial charge on any atom is -0.358 e. The van der Waals surface area contributed by atoms with Gasteiger partial charge >= 0.3 is 17.4 Å². The minimum absolute atomic E-state index is 0. The molecular weight excluding hydrogens is 449 g/mol. The topological polar surface area (TPSA) is 12.9 Å². The van der Waals surface area contributed by atoms with Gasteiger partial charge in [0.1, 0.15) is 6.69 Å². The van der Waals surface area contributed by atoms with Crippen molar-refractivity contribution in [1.82, 2.24) is 4.98 Å². The van der Waals surface area contributed by atoms with E-state index in [9.17, 15) is 0 Å². The number of pyridine rings is 1. The maximum Gasteiger partial charge on any atom is 3.00 e. The summed E-state index contributed by atoms with van der Waals surface area (Å²) in [4.78, 5) is 4.13. The molecule has 0 fully saturated rings. The van der Waals surface area contributed by atoms with E-state index in [0.717, 1.165) is 17.3 Å². The first-order chi connectivity index (χ1) is 9.07. The molecule has 1 radical (unpaired) electrons. The molecular formula is C17H21BrCl2CrNSi. The van der Waals surface area contributed by atoms with Crippen molar-refractivity contribution in [3.8, 4) is 0 Å². The standard InChI is InChI=1S/C9H6N.C7H10BrSi.CH3.2ClH.Cr/c1-2-6-9-8(4-1)5-3-7-10-9;1-9(2,8)7-5-3-4-6-7;;;;/h1-5,7H;3,5H,6H2,1-2H3;1H3;2*1H;/q3*-1;;;+3. The first-order valence-electron chi connectivity index (χ1n) is 6.24. The molecule has 1 aliphatic carbocycles. The molecule has 1 aromatic heterocycles. The second kappa shape index (κ2) is 13.2. The SMILES string of the molecule is C[Si](C)(Br)C1=CC=[C-]C1.Cl.Cl.[CH3-].[Cr+3].[c-]1cccc2cccnc12. The Bertz CT molecular complexity index is 562. The quantitative estimate of drug-likeness (QED) is 0.277. The molecule has 125 valence electrons. The summed E-state index contributed by atoms with van der Waals surface area (Å²) >= 11 is 3.72. The van der Waals surface area contributed by atoms with Gasteiger partial charge in [0.15, 0.2) is 0 Å². The summed E-state index contributed by atoms with van der Waals surface area (Å²) < 4.78 is 0. The molecule has 1 nitrogen and oxygen atoms in total. The Labute approximate surface area is 172 Å². The van der Waals surface area contributed by atoms with Crippen LogP contribution in [0.5, 0.6) is 0 Å². The Balaban J connectivity index is -0.000000298. The molecule has 1 heterocycles. The van der Waals surface area contributed by atoms with E-state index in [1.54, 1.807) is 11.4 Å². The number of allylic oxidation sites excluding steroid dienone is 4. The predicted octanol–water partition coefficient (Wildman–Crippen LogP) is 6.14. The van der Waals surface area contributed by atoms with Gasteiger partial charge in [-0.1, -0.05) is 19.2 Å². The largest absolute Gasteiger partial charge is 3.00 e. The van der Waals surface area contributed by atoms with Gasteiger partial charge in [0.25, 0.3) is 0 Å². The zero-order valence-electron chi connectivity index (χ0n) is 13.4. The van der Waals surface area contributed by atoms with Gasteiger partial charge in [0.2, 0.25) is 0 Å². The van der Waals surface area contributed by atoms with E-state index in [1.165, 1.54) is 0 Å². The van der Waals surface area contributed by atoms with Crippen molar-refractivity contribution in [3.63, 3.8) is 0 Å². The van der Waals surface area contributed by atoms with Gasteiger partial charge in [-0.05, 0) is 5.52 Å². The number of aromatic nitrogens is 1. The van der Waals surface area contributed by atoms with Crippen LogP contribution in [0.1, 0.15) is 6.42 Å². The van der Waals surface area contributed by atoms with Crippen LogP contribution in [0.25, 0.3) is 10.9 Å². The number of hydrogen-bond donors (Lipinski definition) is 0. The van der Waals surface area contributed by atoms with Crippen LogP contribution < -0.4 is 0 Å². The molecule has 0 amide bonds. The number of benzene rings is 1. The monoisotopic (exact) mass is 468 g/mol. The summed E-state index contributed by atoms with van der Waals surface area (Å²) in [5, 5.41) is 2.69. The Hall–Kier alpha value is -0.0806. The molecule has 0 atom stereocenters. The van der Waals surface area contributed by atoms with Gasteiger partial charge in [0, 0.05) is 6.20 Å². The van der Waals surface area contributed by atoms with Crippen LogP contribution in [-0.2, 0) is 17.4 Å². The number of fused-ring (bicyclic) bond motifs is 1. The fourth-order valence-electron chi connectivity index (χ4n) is 1.75. The van der Waals surface area contributed by atoms with Crippen molar-refractivity contribution >= 4 is 57.7 Å².